The molecule has 1 fully saturated rings. The van der Waals surface area contributed by atoms with Gasteiger partial charge in [0, 0.05) is 18.8 Å². The van der Waals surface area contributed by atoms with Crippen molar-refractivity contribution < 1.29 is 27.5 Å². The number of anilines is 1. The molecule has 0 bridgehead atoms. The summed E-state index contributed by atoms with van der Waals surface area (Å²) in [7, 11) is -3.59. The molecule has 9 heteroatoms. The van der Waals surface area contributed by atoms with Crippen LogP contribution in [0, 0.1) is 5.92 Å². The molecule has 1 amide bonds. The van der Waals surface area contributed by atoms with Crippen LogP contribution in [0.1, 0.15) is 26.2 Å². The van der Waals surface area contributed by atoms with Gasteiger partial charge in [0.1, 0.15) is 0 Å². The average molecular weight is 423 g/mol. The number of allylic oxidation sites excluding steroid dienone is 2. The Morgan fingerprint density at radius 1 is 1.24 bits per heavy atom. The van der Waals surface area contributed by atoms with Gasteiger partial charge in [0.25, 0.3) is 5.91 Å². The maximum absolute atomic E-state index is 12.6. The van der Waals surface area contributed by atoms with Gasteiger partial charge in [-0.25, -0.2) is 8.42 Å². The fourth-order valence-electron chi connectivity index (χ4n) is 3.27. The van der Waals surface area contributed by atoms with Crippen molar-refractivity contribution in [1.29, 1.82) is 0 Å². The molecule has 1 aromatic rings. The Morgan fingerprint density at radius 2 is 1.93 bits per heavy atom. The fourth-order valence-corrected chi connectivity index (χ4v) is 4.68. The lowest BCUT2D eigenvalue weighted by Gasteiger charge is -2.26. The highest BCUT2D eigenvalue weighted by molar-refractivity contribution is 7.89. The number of nitrogens with one attached hydrogen (secondary N) is 1. The molecule has 8 nitrogen and oxygen atoms in total. The Hall–Kier alpha value is -2.23. The molecule has 1 aromatic carbocycles. The van der Waals surface area contributed by atoms with E-state index in [1.807, 2.05) is 12.2 Å². The smallest absolute Gasteiger partial charge is 0.307 e. The Bertz CT molecular complexity index is 859. The van der Waals surface area contributed by atoms with Crippen molar-refractivity contribution >= 4 is 27.6 Å². The summed E-state index contributed by atoms with van der Waals surface area (Å²) in [5, 5.41) is 2.64. The molecule has 0 radical (unpaired) electrons. The molecule has 1 N–H and O–H groups in total. The van der Waals surface area contributed by atoms with Crippen LogP contribution in [0.15, 0.2) is 41.3 Å². The van der Waals surface area contributed by atoms with Crippen molar-refractivity contribution in [3.63, 3.8) is 0 Å². The van der Waals surface area contributed by atoms with Crippen LogP contribution in [0.3, 0.4) is 0 Å². The number of hydrogen-bond acceptors (Lipinski definition) is 6. The number of carbonyl (C=O) groups excluding carboxylic acids is 2. The zero-order valence-electron chi connectivity index (χ0n) is 16.4. The van der Waals surface area contributed by atoms with Gasteiger partial charge in [-0.05, 0) is 49.9 Å². The molecule has 1 aliphatic carbocycles. The summed E-state index contributed by atoms with van der Waals surface area (Å²) in [6.07, 6.45) is 5.25. The van der Waals surface area contributed by atoms with Gasteiger partial charge in [-0.2, -0.15) is 4.31 Å². The van der Waals surface area contributed by atoms with Crippen LogP contribution in [-0.2, 0) is 29.1 Å². The minimum absolute atomic E-state index is 0.154. The number of morpholine rings is 1. The number of ether oxygens (including phenoxy) is 2. The SMILES string of the molecule is C[C@H](OC(=O)C[C@H]1C=CCC1)C(=O)Nc1ccc(S(=O)(=O)N2CCOCC2)cc1. The van der Waals surface area contributed by atoms with Gasteiger partial charge in [-0.1, -0.05) is 12.2 Å². The molecule has 0 aromatic heterocycles. The summed E-state index contributed by atoms with van der Waals surface area (Å²) in [5.74, 6) is -0.695. The minimum atomic E-state index is -3.59. The zero-order valence-corrected chi connectivity index (χ0v) is 17.2. The van der Waals surface area contributed by atoms with Crippen LogP contribution in [-0.4, -0.2) is 57.0 Å². The van der Waals surface area contributed by atoms with Gasteiger partial charge in [0.05, 0.1) is 24.5 Å². The standard InChI is InChI=1S/C20H26N2O6S/c1-15(28-19(23)14-16-4-2-3-5-16)20(24)21-17-6-8-18(9-7-17)29(25,26)22-10-12-27-13-11-22/h2,4,6-9,15-16H,3,5,10-14H2,1H3,(H,21,24)/t15-,16-/m0/s1. The molecule has 1 saturated heterocycles. The van der Waals surface area contributed by atoms with Crippen molar-refractivity contribution in [1.82, 2.24) is 4.31 Å². The van der Waals surface area contributed by atoms with Crippen molar-refractivity contribution in [3.8, 4) is 0 Å². The van der Waals surface area contributed by atoms with E-state index in [9.17, 15) is 18.0 Å². The Labute approximate surface area is 170 Å². The number of nitrogens with zero attached hydrogens (tertiary/aromatic N) is 1. The molecule has 1 heterocycles. The number of hydrogen-bond donors (Lipinski definition) is 1. The number of carbonyl (C=O) groups is 2. The number of amides is 1. The maximum Gasteiger partial charge on any atom is 0.307 e. The minimum Gasteiger partial charge on any atom is -0.453 e. The summed E-state index contributed by atoms with van der Waals surface area (Å²) in [5.41, 5.74) is 0.428. The molecule has 1 aliphatic heterocycles. The molecular weight excluding hydrogens is 396 g/mol. The number of sulfonamides is 1. The third kappa shape index (κ3) is 5.65. The predicted molar refractivity (Wildman–Crippen MR) is 107 cm³/mol. The monoisotopic (exact) mass is 422 g/mol. The predicted octanol–water partition coefficient (Wildman–Crippen LogP) is 1.93. The van der Waals surface area contributed by atoms with Gasteiger partial charge in [0.15, 0.2) is 6.10 Å². The zero-order chi connectivity index (χ0) is 20.9. The second-order valence-electron chi connectivity index (χ2n) is 7.13. The van der Waals surface area contributed by atoms with Crippen LogP contribution in [0.5, 0.6) is 0 Å². The van der Waals surface area contributed by atoms with E-state index < -0.39 is 28.0 Å². The van der Waals surface area contributed by atoms with E-state index in [4.69, 9.17) is 9.47 Å². The number of benzene rings is 1. The van der Waals surface area contributed by atoms with Crippen LogP contribution in [0.25, 0.3) is 0 Å². The van der Waals surface area contributed by atoms with Crippen molar-refractivity contribution in [2.75, 3.05) is 31.6 Å². The number of esters is 1. The molecular formula is C20H26N2O6S. The van der Waals surface area contributed by atoms with Gasteiger partial charge >= 0.3 is 5.97 Å². The first kappa shape index (κ1) is 21.5. The Kier molecular flexibility index (Phi) is 7.05. The van der Waals surface area contributed by atoms with E-state index in [-0.39, 0.29) is 17.2 Å². The second-order valence-corrected chi connectivity index (χ2v) is 9.07. The summed E-state index contributed by atoms with van der Waals surface area (Å²) in [6, 6.07) is 5.93. The third-order valence-electron chi connectivity index (χ3n) is 4.95. The van der Waals surface area contributed by atoms with Crippen molar-refractivity contribution in [3.05, 3.63) is 36.4 Å². The Morgan fingerprint density at radius 3 is 2.55 bits per heavy atom. The fraction of sp³-hybridized carbons (Fsp3) is 0.500. The van der Waals surface area contributed by atoms with Crippen LogP contribution in [0.4, 0.5) is 5.69 Å². The van der Waals surface area contributed by atoms with Crippen LogP contribution < -0.4 is 5.32 Å². The summed E-state index contributed by atoms with van der Waals surface area (Å²) in [6.45, 7) is 2.90. The summed E-state index contributed by atoms with van der Waals surface area (Å²) < 4.78 is 37.0. The molecule has 0 unspecified atom stereocenters. The average Bonchev–Trinajstić information content (AvgIpc) is 3.22. The van der Waals surface area contributed by atoms with E-state index >= 15 is 0 Å². The third-order valence-corrected chi connectivity index (χ3v) is 6.86. The summed E-state index contributed by atoms with van der Waals surface area (Å²) >= 11 is 0. The first-order valence-electron chi connectivity index (χ1n) is 9.71. The highest BCUT2D eigenvalue weighted by Gasteiger charge is 2.26. The largest absolute Gasteiger partial charge is 0.453 e. The maximum atomic E-state index is 12.6. The lowest BCUT2D eigenvalue weighted by atomic mass is 10.1. The van der Waals surface area contributed by atoms with Crippen molar-refractivity contribution in [2.45, 2.75) is 37.2 Å². The molecule has 29 heavy (non-hydrogen) atoms. The second kappa shape index (κ2) is 9.51. The highest BCUT2D eigenvalue weighted by Crippen LogP contribution is 2.22. The highest BCUT2D eigenvalue weighted by atomic mass is 32.2. The van der Waals surface area contributed by atoms with E-state index in [0.717, 1.165) is 12.8 Å². The van der Waals surface area contributed by atoms with Crippen LogP contribution in [0.2, 0.25) is 0 Å². The molecule has 2 atom stereocenters. The van der Waals surface area contributed by atoms with Gasteiger partial charge < -0.3 is 14.8 Å². The van der Waals surface area contributed by atoms with E-state index in [1.54, 1.807) is 0 Å². The molecule has 158 valence electrons. The van der Waals surface area contributed by atoms with Crippen molar-refractivity contribution in [2.24, 2.45) is 5.92 Å². The lowest BCUT2D eigenvalue weighted by molar-refractivity contribution is -0.153. The summed E-state index contributed by atoms with van der Waals surface area (Å²) in [4.78, 5) is 24.4. The van der Waals surface area contributed by atoms with E-state index in [0.29, 0.717) is 32.0 Å². The van der Waals surface area contributed by atoms with Crippen LogP contribution >= 0.6 is 0 Å². The van der Waals surface area contributed by atoms with Gasteiger partial charge in [-0.15, -0.1) is 0 Å². The normalized spacial score (nSPS) is 20.9. The van der Waals surface area contributed by atoms with E-state index in [1.165, 1.54) is 35.5 Å². The van der Waals surface area contributed by atoms with E-state index in [2.05, 4.69) is 5.32 Å². The first-order chi connectivity index (χ1) is 13.9. The Balaban J connectivity index is 1.53. The molecule has 3 rings (SSSR count). The molecule has 0 saturated carbocycles. The first-order valence-corrected chi connectivity index (χ1v) is 11.2. The molecule has 0 spiro atoms. The van der Waals surface area contributed by atoms with Gasteiger partial charge in [0.2, 0.25) is 10.0 Å². The lowest BCUT2D eigenvalue weighted by Crippen LogP contribution is -2.40. The number of rotatable bonds is 7. The van der Waals surface area contributed by atoms with Gasteiger partial charge in [-0.3, -0.25) is 9.59 Å². The molecule has 2 aliphatic rings. The quantitative estimate of drug-likeness (QED) is 0.532. The topological polar surface area (TPSA) is 102 Å².